The molecule has 1 aliphatic rings. The normalized spacial score (nSPS) is 17.4. The molecule has 0 aliphatic carbocycles. The summed E-state index contributed by atoms with van der Waals surface area (Å²) >= 11 is 0. The second kappa shape index (κ2) is 4.84. The zero-order chi connectivity index (χ0) is 13.2. The fraction of sp³-hybridized carbons (Fsp3) is 0.250. The minimum atomic E-state index is 0.252. The Balaban J connectivity index is 1.82. The van der Waals surface area contributed by atoms with E-state index in [1.807, 2.05) is 18.2 Å². The van der Waals surface area contributed by atoms with Gasteiger partial charge in [-0.05, 0) is 35.7 Å². The molecule has 2 aromatic rings. The van der Waals surface area contributed by atoms with Crippen LogP contribution in [-0.2, 0) is 6.42 Å². The van der Waals surface area contributed by atoms with Crippen molar-refractivity contribution >= 4 is 0 Å². The van der Waals surface area contributed by atoms with Crippen LogP contribution in [0.15, 0.2) is 42.5 Å². The van der Waals surface area contributed by atoms with E-state index in [0.29, 0.717) is 12.5 Å². The lowest BCUT2D eigenvalue weighted by Gasteiger charge is -2.25. The minimum absolute atomic E-state index is 0.252. The fourth-order valence-electron chi connectivity index (χ4n) is 2.45. The molecule has 0 spiro atoms. The first-order valence-electron chi connectivity index (χ1n) is 6.35. The number of hydrogen-bond donors (Lipinski definition) is 1. The molecule has 0 radical (unpaired) electrons. The number of aromatic hydroxyl groups is 1. The van der Waals surface area contributed by atoms with E-state index < -0.39 is 0 Å². The van der Waals surface area contributed by atoms with Crippen molar-refractivity contribution < 1.29 is 14.6 Å². The summed E-state index contributed by atoms with van der Waals surface area (Å²) in [5, 5.41) is 9.43. The number of rotatable bonds is 2. The molecule has 2 aromatic carbocycles. The molecule has 0 amide bonds. The SMILES string of the molecule is COc1ccc([C@H]2COc3cc(O)ccc3C2)cc1. The Hall–Kier alpha value is -2.16. The smallest absolute Gasteiger partial charge is 0.126 e. The summed E-state index contributed by atoms with van der Waals surface area (Å²) in [7, 11) is 1.67. The topological polar surface area (TPSA) is 38.7 Å². The molecule has 1 heterocycles. The highest BCUT2D eigenvalue weighted by Crippen LogP contribution is 2.34. The molecule has 0 unspecified atom stereocenters. The highest BCUT2D eigenvalue weighted by Gasteiger charge is 2.21. The van der Waals surface area contributed by atoms with Crippen molar-refractivity contribution in [3.05, 3.63) is 53.6 Å². The number of methoxy groups -OCH3 is 1. The third kappa shape index (κ3) is 2.36. The summed E-state index contributed by atoms with van der Waals surface area (Å²) in [6.45, 7) is 0.642. The van der Waals surface area contributed by atoms with Gasteiger partial charge in [-0.2, -0.15) is 0 Å². The molecule has 1 atom stereocenters. The zero-order valence-corrected chi connectivity index (χ0v) is 10.8. The van der Waals surface area contributed by atoms with Gasteiger partial charge in [-0.25, -0.2) is 0 Å². The third-order valence-corrected chi connectivity index (χ3v) is 3.54. The molecular formula is C16H16O3. The number of phenolic OH excluding ortho intramolecular Hbond substituents is 1. The van der Waals surface area contributed by atoms with Crippen molar-refractivity contribution in [1.82, 2.24) is 0 Å². The molecule has 3 nitrogen and oxygen atoms in total. The maximum atomic E-state index is 9.43. The van der Waals surface area contributed by atoms with Crippen LogP contribution in [0.25, 0.3) is 0 Å². The first-order valence-corrected chi connectivity index (χ1v) is 6.35. The zero-order valence-electron chi connectivity index (χ0n) is 10.8. The molecule has 98 valence electrons. The molecule has 3 rings (SSSR count). The average Bonchev–Trinajstić information content (AvgIpc) is 2.47. The van der Waals surface area contributed by atoms with Crippen LogP contribution in [0.3, 0.4) is 0 Å². The van der Waals surface area contributed by atoms with Gasteiger partial charge in [-0.3, -0.25) is 0 Å². The number of benzene rings is 2. The lowest BCUT2D eigenvalue weighted by Crippen LogP contribution is -2.19. The van der Waals surface area contributed by atoms with Crippen LogP contribution >= 0.6 is 0 Å². The molecule has 1 N–H and O–H groups in total. The monoisotopic (exact) mass is 256 g/mol. The van der Waals surface area contributed by atoms with E-state index in [0.717, 1.165) is 23.5 Å². The van der Waals surface area contributed by atoms with Crippen molar-refractivity contribution in [3.8, 4) is 17.2 Å². The van der Waals surface area contributed by atoms with Gasteiger partial charge >= 0.3 is 0 Å². The van der Waals surface area contributed by atoms with Gasteiger partial charge in [0.1, 0.15) is 17.2 Å². The Morgan fingerprint density at radius 2 is 1.95 bits per heavy atom. The van der Waals surface area contributed by atoms with E-state index in [4.69, 9.17) is 9.47 Å². The van der Waals surface area contributed by atoms with Crippen LogP contribution in [0.2, 0.25) is 0 Å². The summed E-state index contributed by atoms with van der Waals surface area (Å²) in [4.78, 5) is 0. The quantitative estimate of drug-likeness (QED) is 0.897. The van der Waals surface area contributed by atoms with E-state index >= 15 is 0 Å². The van der Waals surface area contributed by atoms with E-state index in [1.165, 1.54) is 5.56 Å². The van der Waals surface area contributed by atoms with Gasteiger partial charge in [0, 0.05) is 12.0 Å². The van der Waals surface area contributed by atoms with Crippen LogP contribution in [-0.4, -0.2) is 18.8 Å². The summed E-state index contributed by atoms with van der Waals surface area (Å²) in [6.07, 6.45) is 0.932. The van der Waals surface area contributed by atoms with Gasteiger partial charge in [0.2, 0.25) is 0 Å². The van der Waals surface area contributed by atoms with Crippen molar-refractivity contribution in [2.45, 2.75) is 12.3 Å². The molecular weight excluding hydrogens is 240 g/mol. The molecule has 0 bridgehead atoms. The summed E-state index contributed by atoms with van der Waals surface area (Å²) < 4.78 is 10.9. The maximum absolute atomic E-state index is 9.43. The molecule has 1 aliphatic heterocycles. The fourth-order valence-corrected chi connectivity index (χ4v) is 2.45. The van der Waals surface area contributed by atoms with Crippen LogP contribution < -0.4 is 9.47 Å². The van der Waals surface area contributed by atoms with Crippen LogP contribution in [0, 0.1) is 0 Å². The molecule has 0 fully saturated rings. The third-order valence-electron chi connectivity index (χ3n) is 3.54. The Bertz CT molecular complexity index is 575. The Morgan fingerprint density at radius 3 is 2.68 bits per heavy atom. The van der Waals surface area contributed by atoms with Crippen LogP contribution in [0.4, 0.5) is 0 Å². The first-order chi connectivity index (χ1) is 9.26. The van der Waals surface area contributed by atoms with Gasteiger partial charge in [0.05, 0.1) is 13.7 Å². The number of hydrogen-bond acceptors (Lipinski definition) is 3. The van der Waals surface area contributed by atoms with Gasteiger partial charge in [-0.1, -0.05) is 18.2 Å². The minimum Gasteiger partial charge on any atom is -0.508 e. The number of fused-ring (bicyclic) bond motifs is 1. The van der Waals surface area contributed by atoms with Gasteiger partial charge < -0.3 is 14.6 Å². The largest absolute Gasteiger partial charge is 0.508 e. The first kappa shape index (κ1) is 11.9. The predicted molar refractivity (Wildman–Crippen MR) is 73.0 cm³/mol. The van der Waals surface area contributed by atoms with Crippen LogP contribution in [0.5, 0.6) is 17.2 Å². The standard InChI is InChI=1S/C16H16O3/c1-18-15-6-3-11(4-7-15)13-8-12-2-5-14(17)9-16(12)19-10-13/h2-7,9,13,17H,8,10H2,1H3/t13-/m1/s1. The highest BCUT2D eigenvalue weighted by atomic mass is 16.5. The average molecular weight is 256 g/mol. The lowest BCUT2D eigenvalue weighted by molar-refractivity contribution is 0.261. The second-order valence-corrected chi connectivity index (χ2v) is 4.78. The highest BCUT2D eigenvalue weighted by molar-refractivity contribution is 5.43. The van der Waals surface area contributed by atoms with E-state index in [9.17, 15) is 5.11 Å². The van der Waals surface area contributed by atoms with Crippen molar-refractivity contribution in [3.63, 3.8) is 0 Å². The van der Waals surface area contributed by atoms with E-state index in [-0.39, 0.29) is 5.75 Å². The van der Waals surface area contributed by atoms with Crippen molar-refractivity contribution in [1.29, 1.82) is 0 Å². The van der Waals surface area contributed by atoms with E-state index in [1.54, 1.807) is 19.2 Å². The van der Waals surface area contributed by atoms with Gasteiger partial charge in [-0.15, -0.1) is 0 Å². The van der Waals surface area contributed by atoms with Crippen molar-refractivity contribution in [2.24, 2.45) is 0 Å². The molecule has 0 aromatic heterocycles. The molecule has 0 saturated carbocycles. The lowest BCUT2D eigenvalue weighted by atomic mass is 9.90. The van der Waals surface area contributed by atoms with E-state index in [2.05, 4.69) is 12.1 Å². The summed E-state index contributed by atoms with van der Waals surface area (Å²) in [5.41, 5.74) is 2.39. The van der Waals surface area contributed by atoms with Gasteiger partial charge in [0.15, 0.2) is 0 Å². The summed E-state index contributed by atoms with van der Waals surface area (Å²) in [5.74, 6) is 2.26. The Kier molecular flexibility index (Phi) is 3.03. The molecule has 3 heteroatoms. The molecule has 19 heavy (non-hydrogen) atoms. The van der Waals surface area contributed by atoms with Crippen molar-refractivity contribution in [2.75, 3.05) is 13.7 Å². The second-order valence-electron chi connectivity index (χ2n) is 4.78. The summed E-state index contributed by atoms with van der Waals surface area (Å²) in [6, 6.07) is 13.4. The van der Waals surface area contributed by atoms with Gasteiger partial charge in [0.25, 0.3) is 0 Å². The predicted octanol–water partition coefficient (Wildman–Crippen LogP) is 3.12. The molecule has 0 saturated heterocycles. The maximum Gasteiger partial charge on any atom is 0.126 e. The Labute approximate surface area is 112 Å². The van der Waals surface area contributed by atoms with Crippen LogP contribution in [0.1, 0.15) is 17.0 Å². The number of ether oxygens (including phenoxy) is 2. The Morgan fingerprint density at radius 1 is 1.16 bits per heavy atom. The number of phenols is 1.